The molecule has 0 saturated heterocycles. The quantitative estimate of drug-likeness (QED) is 0.382. The Hall–Kier alpha value is -4.34. The van der Waals surface area contributed by atoms with Crippen LogP contribution >= 0.6 is 0 Å². The van der Waals surface area contributed by atoms with Crippen LogP contribution in [0.5, 0.6) is 5.75 Å². The number of urea groups is 1. The summed E-state index contributed by atoms with van der Waals surface area (Å²) in [5.74, 6) is 0.390. The number of carbonyl (C=O) groups excluding carboxylic acids is 1. The third-order valence-electron chi connectivity index (χ3n) is 5.06. The first-order chi connectivity index (χ1) is 16.3. The molecule has 7 nitrogen and oxygen atoms in total. The maximum Gasteiger partial charge on any atom is 0.420 e. The van der Waals surface area contributed by atoms with Crippen molar-refractivity contribution in [2.75, 3.05) is 17.7 Å². The predicted octanol–water partition coefficient (Wildman–Crippen LogP) is 5.91. The maximum atomic E-state index is 13.2. The second-order valence-electron chi connectivity index (χ2n) is 7.35. The molecule has 0 aliphatic heterocycles. The molecule has 2 N–H and O–H groups in total. The van der Waals surface area contributed by atoms with E-state index in [1.165, 1.54) is 6.07 Å². The number of methoxy groups -OCH3 is 1. The summed E-state index contributed by atoms with van der Waals surface area (Å²) in [6.45, 7) is 1.81. The lowest BCUT2D eigenvalue weighted by Crippen LogP contribution is -2.20. The minimum Gasteiger partial charge on any atom is -0.496 e. The van der Waals surface area contributed by atoms with Crippen molar-refractivity contribution < 1.29 is 22.7 Å². The molecule has 2 aromatic carbocycles. The van der Waals surface area contributed by atoms with E-state index in [1.807, 2.05) is 35.9 Å². The Morgan fingerprint density at radius 2 is 1.88 bits per heavy atom. The van der Waals surface area contributed by atoms with Crippen molar-refractivity contribution in [1.29, 1.82) is 0 Å². The Kier molecular flexibility index (Phi) is 6.22. The first kappa shape index (κ1) is 22.8. The molecule has 0 spiro atoms. The van der Waals surface area contributed by atoms with Gasteiger partial charge in [0.1, 0.15) is 11.6 Å². The number of hydrogen-bond acceptors (Lipinski definition) is 4. The van der Waals surface area contributed by atoms with Crippen LogP contribution in [0, 0.1) is 6.92 Å². The average Bonchev–Trinajstić information content (AvgIpc) is 3.30. The first-order valence-corrected chi connectivity index (χ1v) is 10.1. The third-order valence-corrected chi connectivity index (χ3v) is 5.06. The van der Waals surface area contributed by atoms with E-state index in [0.29, 0.717) is 11.5 Å². The van der Waals surface area contributed by atoms with E-state index < -0.39 is 17.8 Å². The fraction of sp³-hybridized carbons (Fsp3) is 0.125. The maximum absolute atomic E-state index is 13.2. The van der Waals surface area contributed by atoms with Gasteiger partial charge >= 0.3 is 12.2 Å². The zero-order valence-electron chi connectivity index (χ0n) is 18.2. The number of pyridine rings is 1. The molecule has 0 radical (unpaired) electrons. The number of rotatable bonds is 5. The number of benzene rings is 2. The van der Waals surface area contributed by atoms with Crippen LogP contribution < -0.4 is 15.4 Å². The summed E-state index contributed by atoms with van der Waals surface area (Å²) in [7, 11) is 1.15. The van der Waals surface area contributed by atoms with E-state index in [2.05, 4.69) is 20.6 Å². The van der Waals surface area contributed by atoms with Crippen LogP contribution in [0.1, 0.15) is 11.1 Å². The highest BCUT2D eigenvalue weighted by Gasteiger charge is 2.34. The normalized spacial score (nSPS) is 11.2. The van der Waals surface area contributed by atoms with E-state index in [9.17, 15) is 18.0 Å². The smallest absolute Gasteiger partial charge is 0.420 e. The summed E-state index contributed by atoms with van der Waals surface area (Å²) in [6, 6.07) is 11.8. The number of amides is 2. The molecule has 2 heterocycles. The van der Waals surface area contributed by atoms with Crippen molar-refractivity contribution in [2.24, 2.45) is 0 Å². The molecule has 0 saturated carbocycles. The zero-order valence-corrected chi connectivity index (χ0v) is 18.2. The summed E-state index contributed by atoms with van der Waals surface area (Å²) in [5, 5.41) is 5.09. The molecule has 174 valence electrons. The van der Waals surface area contributed by atoms with Gasteiger partial charge in [-0.25, -0.2) is 9.78 Å². The molecular formula is C24H20F3N5O2. The van der Waals surface area contributed by atoms with E-state index in [1.54, 1.807) is 30.7 Å². The van der Waals surface area contributed by atoms with Crippen molar-refractivity contribution >= 4 is 17.4 Å². The Morgan fingerprint density at radius 3 is 2.56 bits per heavy atom. The Morgan fingerprint density at radius 1 is 1.06 bits per heavy atom. The zero-order chi connectivity index (χ0) is 24.3. The number of aromatic nitrogens is 3. The number of carbonyl (C=O) groups is 1. The van der Waals surface area contributed by atoms with Crippen LogP contribution in [0.25, 0.3) is 17.1 Å². The van der Waals surface area contributed by atoms with Gasteiger partial charge in [-0.1, -0.05) is 0 Å². The highest BCUT2D eigenvalue weighted by Crippen LogP contribution is 2.37. The topological polar surface area (TPSA) is 81.1 Å². The monoisotopic (exact) mass is 467 g/mol. The molecule has 0 unspecified atom stereocenters. The Balaban J connectivity index is 1.51. The number of nitrogens with one attached hydrogen (secondary N) is 2. The van der Waals surface area contributed by atoms with Gasteiger partial charge in [0.2, 0.25) is 0 Å². The van der Waals surface area contributed by atoms with Gasteiger partial charge in [0, 0.05) is 47.4 Å². The van der Waals surface area contributed by atoms with Gasteiger partial charge in [0.25, 0.3) is 0 Å². The number of halogens is 3. The van der Waals surface area contributed by atoms with Crippen molar-refractivity contribution in [2.45, 2.75) is 13.1 Å². The summed E-state index contributed by atoms with van der Waals surface area (Å²) < 4.78 is 46.3. The summed E-state index contributed by atoms with van der Waals surface area (Å²) in [4.78, 5) is 21.0. The summed E-state index contributed by atoms with van der Waals surface area (Å²) >= 11 is 0. The number of hydrogen-bond donors (Lipinski definition) is 2. The molecule has 4 rings (SSSR count). The SMILES string of the molecule is COc1ccc(NC(=O)Nc2ccc(-n3ccnc3-c3cccnc3)cc2C)cc1C(F)(F)F. The predicted molar refractivity (Wildman–Crippen MR) is 122 cm³/mol. The lowest BCUT2D eigenvalue weighted by atomic mass is 10.1. The van der Waals surface area contributed by atoms with Gasteiger partial charge in [0.05, 0.1) is 12.7 Å². The van der Waals surface area contributed by atoms with Crippen LogP contribution in [-0.2, 0) is 6.18 Å². The minimum atomic E-state index is -4.62. The Labute approximate surface area is 193 Å². The molecular weight excluding hydrogens is 447 g/mol. The molecule has 0 aliphatic carbocycles. The molecule has 0 bridgehead atoms. The molecule has 4 aromatic rings. The van der Waals surface area contributed by atoms with Crippen LogP contribution in [-0.4, -0.2) is 27.7 Å². The standard InChI is InChI=1S/C24H20F3N5O2/c1-15-12-18(32-11-10-29-22(32)16-4-3-9-28-14-16)6-7-20(15)31-23(33)30-17-5-8-21(34-2)19(13-17)24(25,26)27/h3-14H,1-2H3,(H2,30,31,33). The second kappa shape index (κ2) is 9.26. The first-order valence-electron chi connectivity index (χ1n) is 10.1. The Bertz CT molecular complexity index is 1320. The highest BCUT2D eigenvalue weighted by atomic mass is 19.4. The van der Waals surface area contributed by atoms with E-state index in [4.69, 9.17) is 4.74 Å². The lowest BCUT2D eigenvalue weighted by molar-refractivity contribution is -0.138. The molecule has 10 heteroatoms. The van der Waals surface area contributed by atoms with Crippen LogP contribution in [0.4, 0.5) is 29.3 Å². The van der Waals surface area contributed by atoms with E-state index in [-0.39, 0.29) is 11.4 Å². The van der Waals surface area contributed by atoms with E-state index in [0.717, 1.165) is 36.1 Å². The molecule has 2 aromatic heterocycles. The molecule has 2 amide bonds. The molecule has 34 heavy (non-hydrogen) atoms. The van der Waals surface area contributed by atoms with Crippen LogP contribution in [0.3, 0.4) is 0 Å². The van der Waals surface area contributed by atoms with Gasteiger partial charge < -0.3 is 15.4 Å². The number of aryl methyl sites for hydroxylation is 1. The van der Waals surface area contributed by atoms with E-state index >= 15 is 0 Å². The van der Waals surface area contributed by atoms with Gasteiger partial charge in [0.15, 0.2) is 0 Å². The van der Waals surface area contributed by atoms with Crippen molar-refractivity contribution in [3.63, 3.8) is 0 Å². The number of alkyl halides is 3. The van der Waals surface area contributed by atoms with Crippen LogP contribution in [0.2, 0.25) is 0 Å². The highest BCUT2D eigenvalue weighted by molar-refractivity contribution is 6.00. The molecule has 0 aliphatic rings. The van der Waals surface area contributed by atoms with Gasteiger partial charge in [-0.3, -0.25) is 9.55 Å². The second-order valence-corrected chi connectivity index (χ2v) is 7.35. The third kappa shape index (κ3) is 4.85. The van der Waals surface area contributed by atoms with Crippen molar-refractivity contribution in [1.82, 2.24) is 14.5 Å². The summed E-state index contributed by atoms with van der Waals surface area (Å²) in [6.07, 6.45) is 2.28. The van der Waals surface area contributed by atoms with Gasteiger partial charge in [-0.05, 0) is 61.0 Å². The van der Waals surface area contributed by atoms with Crippen LogP contribution in [0.15, 0.2) is 73.3 Å². The minimum absolute atomic E-state index is 0.0144. The average molecular weight is 467 g/mol. The van der Waals surface area contributed by atoms with Gasteiger partial charge in [-0.2, -0.15) is 13.2 Å². The fourth-order valence-electron chi connectivity index (χ4n) is 3.45. The largest absolute Gasteiger partial charge is 0.496 e. The number of anilines is 2. The molecule has 0 fully saturated rings. The van der Waals surface area contributed by atoms with Crippen molar-refractivity contribution in [3.8, 4) is 22.8 Å². The fourth-order valence-corrected chi connectivity index (χ4v) is 3.45. The lowest BCUT2D eigenvalue weighted by Gasteiger charge is -2.15. The van der Waals surface area contributed by atoms with Gasteiger partial charge in [-0.15, -0.1) is 0 Å². The summed E-state index contributed by atoms with van der Waals surface area (Å²) in [5.41, 5.74) is 1.95. The number of ether oxygens (including phenoxy) is 1. The van der Waals surface area contributed by atoms with Crippen molar-refractivity contribution in [3.05, 3.63) is 84.4 Å². The number of imidazole rings is 1. The molecule has 0 atom stereocenters. The number of nitrogens with zero attached hydrogens (tertiary/aromatic N) is 3.